The topological polar surface area (TPSA) is 115 Å². The molecule has 33 heavy (non-hydrogen) atoms. The van der Waals surface area contributed by atoms with Gasteiger partial charge in [0.05, 0.1) is 12.2 Å². The highest BCUT2D eigenvalue weighted by atomic mass is 16.4. The molecule has 6 nitrogen and oxygen atoms in total. The minimum Gasteiger partial charge on any atom is -0.478 e. The van der Waals surface area contributed by atoms with Gasteiger partial charge in [0, 0.05) is 22.5 Å². The van der Waals surface area contributed by atoms with Crippen LogP contribution in [0.5, 0.6) is 0 Å². The number of aliphatic carboxylic acids is 2. The van der Waals surface area contributed by atoms with Crippen LogP contribution in [-0.4, -0.2) is 32.4 Å². The van der Waals surface area contributed by atoms with Gasteiger partial charge < -0.3 is 20.4 Å². The third kappa shape index (κ3) is 5.97. The molecule has 2 unspecified atom stereocenters. The molecule has 4 N–H and O–H groups in total. The van der Waals surface area contributed by atoms with Gasteiger partial charge in [-0.05, 0) is 49.9 Å². The van der Waals surface area contributed by atoms with Crippen molar-refractivity contribution >= 4 is 11.9 Å². The van der Waals surface area contributed by atoms with Crippen molar-refractivity contribution in [2.75, 3.05) is 0 Å². The highest BCUT2D eigenvalue weighted by Crippen LogP contribution is 2.42. The lowest BCUT2D eigenvalue weighted by atomic mass is 9.66. The number of aliphatic hydroxyl groups is 2. The van der Waals surface area contributed by atoms with Crippen LogP contribution in [-0.2, 0) is 15.0 Å². The third-order valence-corrected chi connectivity index (χ3v) is 6.19. The van der Waals surface area contributed by atoms with Gasteiger partial charge in [0.15, 0.2) is 0 Å². The molecule has 0 heterocycles. The van der Waals surface area contributed by atoms with Crippen molar-refractivity contribution in [3.05, 3.63) is 94.1 Å². The molecule has 0 bridgehead atoms. The molecule has 0 aliphatic carbocycles. The molecular weight excluding hydrogens is 420 g/mol. The molecule has 2 atom stereocenters. The Morgan fingerprint density at radius 2 is 1.03 bits per heavy atom. The molecule has 2 aromatic rings. The maximum Gasteiger partial charge on any atom is 0.330 e. The molecule has 0 saturated heterocycles. The van der Waals surface area contributed by atoms with E-state index in [1.807, 2.05) is 31.2 Å². The van der Waals surface area contributed by atoms with Crippen molar-refractivity contribution in [1.82, 2.24) is 0 Å². The SMILES string of the molecule is CC(=CC(C=C(C)C(=O)O)C(C)(c1ccc(C(C)O)cc1)c1ccc(C(C)O)cc1)C(=O)O. The predicted octanol–water partition coefficient (Wildman–Crippen LogP) is 4.78. The summed E-state index contributed by atoms with van der Waals surface area (Å²) in [7, 11) is 0. The zero-order valence-corrected chi connectivity index (χ0v) is 19.6. The standard InChI is InChI=1S/C27H32O6/c1-16(25(30)31)14-24(15-17(2)26(32)33)27(5,22-10-6-20(7-11-22)18(3)28)23-12-8-21(9-13-23)19(4)29/h6-15,18-19,24,28-29H,1-5H3,(H,30,31)(H,32,33). The van der Waals surface area contributed by atoms with E-state index in [2.05, 4.69) is 0 Å². The summed E-state index contributed by atoms with van der Waals surface area (Å²) in [4.78, 5) is 23.3. The van der Waals surface area contributed by atoms with E-state index >= 15 is 0 Å². The quantitative estimate of drug-likeness (QED) is 0.407. The van der Waals surface area contributed by atoms with Gasteiger partial charge >= 0.3 is 11.9 Å². The lowest BCUT2D eigenvalue weighted by Crippen LogP contribution is -2.32. The molecule has 0 aliphatic heterocycles. The summed E-state index contributed by atoms with van der Waals surface area (Å²) in [5.41, 5.74) is 2.47. The van der Waals surface area contributed by atoms with Crippen LogP contribution in [0.4, 0.5) is 0 Å². The maximum atomic E-state index is 11.6. The average Bonchev–Trinajstić information content (AvgIpc) is 2.77. The molecule has 176 valence electrons. The summed E-state index contributed by atoms with van der Waals surface area (Å²) in [6.45, 7) is 8.23. The Hall–Kier alpha value is -3.22. The fourth-order valence-electron chi connectivity index (χ4n) is 3.83. The van der Waals surface area contributed by atoms with Gasteiger partial charge in [-0.25, -0.2) is 9.59 Å². The highest BCUT2D eigenvalue weighted by Gasteiger charge is 2.36. The van der Waals surface area contributed by atoms with E-state index in [0.29, 0.717) is 0 Å². The number of aliphatic hydroxyl groups excluding tert-OH is 2. The van der Waals surface area contributed by atoms with E-state index in [1.54, 1.807) is 50.3 Å². The summed E-state index contributed by atoms with van der Waals surface area (Å²) in [6.07, 6.45) is 1.85. The van der Waals surface area contributed by atoms with E-state index in [1.165, 1.54) is 13.8 Å². The zero-order valence-electron chi connectivity index (χ0n) is 19.6. The number of allylic oxidation sites excluding steroid dienone is 2. The molecule has 0 saturated carbocycles. The van der Waals surface area contributed by atoms with Crippen LogP contribution in [0.25, 0.3) is 0 Å². The Morgan fingerprint density at radius 3 is 1.27 bits per heavy atom. The van der Waals surface area contributed by atoms with Crippen molar-refractivity contribution in [2.45, 2.75) is 52.2 Å². The number of hydrogen-bond donors (Lipinski definition) is 4. The first-order valence-corrected chi connectivity index (χ1v) is 10.8. The Morgan fingerprint density at radius 1 is 0.727 bits per heavy atom. The Kier molecular flexibility index (Phi) is 8.36. The molecule has 0 aromatic heterocycles. The third-order valence-electron chi connectivity index (χ3n) is 6.19. The van der Waals surface area contributed by atoms with Gasteiger partial charge in [0.25, 0.3) is 0 Å². The molecule has 6 heteroatoms. The Balaban J connectivity index is 2.83. The minimum absolute atomic E-state index is 0.0989. The van der Waals surface area contributed by atoms with Crippen LogP contribution < -0.4 is 0 Å². The monoisotopic (exact) mass is 452 g/mol. The fraction of sp³-hybridized carbons (Fsp3) is 0.333. The van der Waals surface area contributed by atoms with Gasteiger partial charge in [0.1, 0.15) is 0 Å². The first-order chi connectivity index (χ1) is 15.4. The van der Waals surface area contributed by atoms with Crippen molar-refractivity contribution in [3.63, 3.8) is 0 Å². The van der Waals surface area contributed by atoms with Gasteiger partial charge in [-0.15, -0.1) is 0 Å². The summed E-state index contributed by atoms with van der Waals surface area (Å²) < 4.78 is 0. The number of rotatable bonds is 9. The summed E-state index contributed by atoms with van der Waals surface area (Å²) in [6, 6.07) is 14.7. The highest BCUT2D eigenvalue weighted by molar-refractivity contribution is 5.87. The number of carboxylic acids is 2. The second-order valence-electron chi connectivity index (χ2n) is 8.63. The van der Waals surface area contributed by atoms with Crippen LogP contribution in [0, 0.1) is 5.92 Å². The summed E-state index contributed by atoms with van der Waals surface area (Å²) in [5, 5.41) is 38.9. The molecule has 0 fully saturated rings. The van der Waals surface area contributed by atoms with E-state index in [9.17, 15) is 30.0 Å². The number of carbonyl (C=O) groups is 2. The van der Waals surface area contributed by atoms with Crippen LogP contribution in [0.2, 0.25) is 0 Å². The van der Waals surface area contributed by atoms with Gasteiger partial charge in [-0.1, -0.05) is 67.6 Å². The minimum atomic E-state index is -1.09. The predicted molar refractivity (Wildman–Crippen MR) is 127 cm³/mol. The lowest BCUT2D eigenvalue weighted by Gasteiger charge is -2.37. The Labute approximate surface area is 194 Å². The molecule has 2 rings (SSSR count). The smallest absolute Gasteiger partial charge is 0.330 e. The first kappa shape index (κ1) is 26.0. The van der Waals surface area contributed by atoms with Crippen molar-refractivity contribution in [2.24, 2.45) is 5.92 Å². The van der Waals surface area contributed by atoms with Gasteiger partial charge in [0.2, 0.25) is 0 Å². The zero-order chi connectivity index (χ0) is 24.9. The first-order valence-electron chi connectivity index (χ1n) is 10.8. The normalized spacial score (nSPS) is 17.1. The second-order valence-corrected chi connectivity index (χ2v) is 8.63. The Bertz CT molecular complexity index is 962. The summed E-state index contributed by atoms with van der Waals surface area (Å²) >= 11 is 0. The van der Waals surface area contributed by atoms with Crippen molar-refractivity contribution < 1.29 is 30.0 Å². The van der Waals surface area contributed by atoms with Crippen molar-refractivity contribution in [3.8, 4) is 0 Å². The molecule has 0 radical (unpaired) electrons. The van der Waals surface area contributed by atoms with Crippen LogP contribution >= 0.6 is 0 Å². The van der Waals surface area contributed by atoms with Crippen molar-refractivity contribution in [1.29, 1.82) is 0 Å². The molecule has 0 spiro atoms. The molecule has 2 aromatic carbocycles. The maximum absolute atomic E-state index is 11.6. The second kappa shape index (κ2) is 10.6. The average molecular weight is 453 g/mol. The van der Waals surface area contributed by atoms with Gasteiger partial charge in [-0.2, -0.15) is 0 Å². The molecular formula is C27H32O6. The lowest BCUT2D eigenvalue weighted by molar-refractivity contribution is -0.133. The number of hydrogen-bond acceptors (Lipinski definition) is 4. The molecule has 0 amide bonds. The van der Waals surface area contributed by atoms with E-state index < -0.39 is 35.5 Å². The van der Waals surface area contributed by atoms with Gasteiger partial charge in [-0.3, -0.25) is 0 Å². The largest absolute Gasteiger partial charge is 0.478 e. The summed E-state index contributed by atoms with van der Waals surface area (Å²) in [5.74, 6) is -2.78. The number of benzene rings is 2. The molecule has 0 aliphatic rings. The van der Waals surface area contributed by atoms with Crippen LogP contribution in [0.15, 0.2) is 71.8 Å². The van der Waals surface area contributed by atoms with Crippen LogP contribution in [0.1, 0.15) is 69.1 Å². The van der Waals surface area contributed by atoms with E-state index in [4.69, 9.17) is 0 Å². The van der Waals surface area contributed by atoms with E-state index in [0.717, 1.165) is 22.3 Å². The fourth-order valence-corrected chi connectivity index (χ4v) is 3.83. The van der Waals surface area contributed by atoms with Crippen LogP contribution in [0.3, 0.4) is 0 Å². The number of carboxylic acid groups (broad SMARTS) is 2. The van der Waals surface area contributed by atoms with E-state index in [-0.39, 0.29) is 11.1 Å².